The molecule has 0 amide bonds. The number of rotatable bonds is 1. The number of halogens is 3. The van der Waals surface area contributed by atoms with Crippen molar-refractivity contribution in [3.8, 4) is 0 Å². The summed E-state index contributed by atoms with van der Waals surface area (Å²) in [6.07, 6.45) is -4.23. The van der Waals surface area contributed by atoms with E-state index in [1.54, 1.807) is 0 Å². The maximum atomic E-state index is 12.4. The summed E-state index contributed by atoms with van der Waals surface area (Å²) in [5.74, 6) is -1.17. The summed E-state index contributed by atoms with van der Waals surface area (Å²) >= 11 is 0. The maximum Gasteiger partial charge on any atom is 0.395 e. The average Bonchev–Trinajstić information content (AvgIpc) is 2.18. The maximum absolute atomic E-state index is 12.4. The van der Waals surface area contributed by atoms with Crippen molar-refractivity contribution in [2.75, 3.05) is 18.0 Å². The lowest BCUT2D eigenvalue weighted by molar-refractivity contribution is -0.180. The molecule has 1 aliphatic heterocycles. The Balaban J connectivity index is 2.29. The van der Waals surface area contributed by atoms with Crippen molar-refractivity contribution in [1.82, 2.24) is 9.13 Å². The van der Waals surface area contributed by atoms with E-state index in [4.69, 9.17) is 0 Å². The molecule has 0 saturated carbocycles. The molecule has 1 aliphatic rings. The van der Waals surface area contributed by atoms with E-state index in [9.17, 15) is 22.8 Å². The number of aromatic nitrogens is 2. The molecular formula is C10H12F3N3O2. The van der Waals surface area contributed by atoms with Gasteiger partial charge < -0.3 is 4.90 Å². The number of nitrogens with zero attached hydrogens (tertiary/aromatic N) is 3. The molecule has 1 aromatic rings. The van der Waals surface area contributed by atoms with Gasteiger partial charge in [0, 0.05) is 33.3 Å². The third-order valence-electron chi connectivity index (χ3n) is 3.17. The zero-order valence-corrected chi connectivity index (χ0v) is 9.86. The van der Waals surface area contributed by atoms with Gasteiger partial charge in [-0.15, -0.1) is 0 Å². The second-order valence-corrected chi connectivity index (χ2v) is 4.38. The molecule has 1 saturated heterocycles. The lowest BCUT2D eigenvalue weighted by atomic mass is 10.00. The molecular weight excluding hydrogens is 251 g/mol. The Hall–Kier alpha value is -1.73. The standard InChI is InChI=1S/C10H12F3N3O2/c1-14-7(3-8(17)15(2)9(14)18)16-4-6(5-16)10(11,12)13/h3,6H,4-5H2,1-2H3. The normalized spacial score (nSPS) is 16.8. The van der Waals surface area contributed by atoms with Crippen LogP contribution in [0.15, 0.2) is 15.7 Å². The molecule has 0 aromatic carbocycles. The minimum absolute atomic E-state index is 0.218. The highest BCUT2D eigenvalue weighted by Crippen LogP contribution is 2.35. The van der Waals surface area contributed by atoms with Gasteiger partial charge in [-0.3, -0.25) is 13.9 Å². The van der Waals surface area contributed by atoms with E-state index in [1.165, 1.54) is 29.6 Å². The van der Waals surface area contributed by atoms with Crippen molar-refractivity contribution < 1.29 is 13.2 Å². The van der Waals surface area contributed by atoms with Crippen LogP contribution in [0.2, 0.25) is 0 Å². The summed E-state index contributed by atoms with van der Waals surface area (Å²) in [5.41, 5.74) is -1.07. The molecule has 5 nitrogen and oxygen atoms in total. The Morgan fingerprint density at radius 1 is 1.17 bits per heavy atom. The zero-order valence-electron chi connectivity index (χ0n) is 9.86. The molecule has 1 fully saturated rings. The van der Waals surface area contributed by atoms with Crippen LogP contribution in [0, 0.1) is 5.92 Å². The molecule has 18 heavy (non-hydrogen) atoms. The minimum atomic E-state index is -4.23. The van der Waals surface area contributed by atoms with E-state index in [0.717, 1.165) is 4.57 Å². The fraction of sp³-hybridized carbons (Fsp3) is 0.600. The van der Waals surface area contributed by atoms with E-state index in [-0.39, 0.29) is 18.9 Å². The van der Waals surface area contributed by atoms with E-state index in [2.05, 4.69) is 0 Å². The average molecular weight is 263 g/mol. The van der Waals surface area contributed by atoms with Crippen molar-refractivity contribution in [3.05, 3.63) is 26.9 Å². The highest BCUT2D eigenvalue weighted by atomic mass is 19.4. The van der Waals surface area contributed by atoms with E-state index < -0.39 is 23.3 Å². The first-order chi connectivity index (χ1) is 8.21. The second-order valence-electron chi connectivity index (χ2n) is 4.38. The summed E-state index contributed by atoms with van der Waals surface area (Å²) in [6, 6.07) is 1.17. The summed E-state index contributed by atoms with van der Waals surface area (Å²) in [7, 11) is 2.75. The third kappa shape index (κ3) is 1.91. The van der Waals surface area contributed by atoms with Gasteiger partial charge in [0.1, 0.15) is 5.82 Å². The first-order valence-corrected chi connectivity index (χ1v) is 5.30. The summed E-state index contributed by atoms with van der Waals surface area (Å²) in [4.78, 5) is 24.4. The summed E-state index contributed by atoms with van der Waals surface area (Å²) < 4.78 is 39.1. The molecule has 0 spiro atoms. The molecule has 8 heteroatoms. The van der Waals surface area contributed by atoms with Crippen molar-refractivity contribution >= 4 is 5.82 Å². The molecule has 0 aliphatic carbocycles. The monoisotopic (exact) mass is 263 g/mol. The van der Waals surface area contributed by atoms with Crippen LogP contribution < -0.4 is 16.1 Å². The molecule has 1 aromatic heterocycles. The Kier molecular flexibility index (Phi) is 2.75. The predicted octanol–water partition coefficient (Wildman–Crippen LogP) is 0.0825. The topological polar surface area (TPSA) is 47.2 Å². The highest BCUT2D eigenvalue weighted by molar-refractivity contribution is 5.41. The van der Waals surface area contributed by atoms with Gasteiger partial charge in [-0.1, -0.05) is 0 Å². The lowest BCUT2D eigenvalue weighted by Crippen LogP contribution is -2.55. The van der Waals surface area contributed by atoms with Gasteiger partial charge in [-0.05, 0) is 0 Å². The lowest BCUT2D eigenvalue weighted by Gasteiger charge is -2.41. The molecule has 0 radical (unpaired) electrons. The van der Waals surface area contributed by atoms with E-state index in [0.29, 0.717) is 0 Å². The van der Waals surface area contributed by atoms with Crippen LogP contribution in [0.4, 0.5) is 19.0 Å². The van der Waals surface area contributed by atoms with E-state index >= 15 is 0 Å². The van der Waals surface area contributed by atoms with Gasteiger partial charge in [0.05, 0.1) is 5.92 Å². The first-order valence-electron chi connectivity index (χ1n) is 5.30. The van der Waals surface area contributed by atoms with Gasteiger partial charge in [0.15, 0.2) is 0 Å². The fourth-order valence-corrected chi connectivity index (χ4v) is 1.90. The van der Waals surface area contributed by atoms with Crippen molar-refractivity contribution in [2.24, 2.45) is 20.0 Å². The minimum Gasteiger partial charge on any atom is -0.356 e. The third-order valence-corrected chi connectivity index (χ3v) is 3.17. The first kappa shape index (κ1) is 12.7. The Bertz CT molecular complexity index is 582. The Morgan fingerprint density at radius 3 is 2.22 bits per heavy atom. The van der Waals surface area contributed by atoms with Crippen molar-refractivity contribution in [1.29, 1.82) is 0 Å². The summed E-state index contributed by atoms with van der Waals surface area (Å²) in [5, 5.41) is 0. The largest absolute Gasteiger partial charge is 0.395 e. The molecule has 0 N–H and O–H groups in total. The Morgan fingerprint density at radius 2 is 1.72 bits per heavy atom. The molecule has 0 bridgehead atoms. The van der Waals surface area contributed by atoms with E-state index in [1.807, 2.05) is 0 Å². The quantitative estimate of drug-likeness (QED) is 0.721. The second kappa shape index (κ2) is 3.89. The smallest absolute Gasteiger partial charge is 0.356 e. The van der Waals surface area contributed by atoms with Crippen molar-refractivity contribution in [2.45, 2.75) is 6.18 Å². The van der Waals surface area contributed by atoms with Gasteiger partial charge in [0.2, 0.25) is 0 Å². The van der Waals surface area contributed by atoms with Gasteiger partial charge in [-0.25, -0.2) is 4.79 Å². The van der Waals surface area contributed by atoms with Crippen LogP contribution in [0.1, 0.15) is 0 Å². The Labute approximate surface area is 100 Å². The van der Waals surface area contributed by atoms with Gasteiger partial charge >= 0.3 is 11.9 Å². The molecule has 2 heterocycles. The SMILES string of the molecule is Cn1c(N2CC(C(F)(F)F)C2)cc(=O)n(C)c1=O. The number of hydrogen-bond acceptors (Lipinski definition) is 3. The molecule has 100 valence electrons. The number of hydrogen-bond donors (Lipinski definition) is 0. The van der Waals surface area contributed by atoms with Gasteiger partial charge in [0.25, 0.3) is 5.56 Å². The zero-order chi connectivity index (χ0) is 13.7. The van der Waals surface area contributed by atoms with Crippen LogP contribution in [0.5, 0.6) is 0 Å². The van der Waals surface area contributed by atoms with Crippen LogP contribution in [-0.2, 0) is 14.1 Å². The molecule has 0 unspecified atom stereocenters. The predicted molar refractivity (Wildman–Crippen MR) is 58.7 cm³/mol. The number of anilines is 1. The molecule has 2 rings (SSSR count). The van der Waals surface area contributed by atoms with Crippen LogP contribution in [0.25, 0.3) is 0 Å². The molecule has 0 atom stereocenters. The highest BCUT2D eigenvalue weighted by Gasteiger charge is 2.47. The summed E-state index contributed by atoms with van der Waals surface area (Å²) in [6.45, 7) is -0.437. The number of alkyl halides is 3. The van der Waals surface area contributed by atoms with Crippen LogP contribution in [0.3, 0.4) is 0 Å². The fourth-order valence-electron chi connectivity index (χ4n) is 1.90. The van der Waals surface area contributed by atoms with Crippen LogP contribution in [-0.4, -0.2) is 28.4 Å². The van der Waals surface area contributed by atoms with Crippen LogP contribution >= 0.6 is 0 Å². The van der Waals surface area contributed by atoms with Gasteiger partial charge in [-0.2, -0.15) is 13.2 Å². The van der Waals surface area contributed by atoms with Crippen molar-refractivity contribution in [3.63, 3.8) is 0 Å².